The largest absolute Gasteiger partial charge is 0.361 e. The quantitative estimate of drug-likeness (QED) is 0.678. The zero-order valence-corrected chi connectivity index (χ0v) is 7.38. The summed E-state index contributed by atoms with van der Waals surface area (Å²) in [6, 6.07) is 9.20. The van der Waals surface area contributed by atoms with Crippen LogP contribution in [0.15, 0.2) is 30.5 Å². The fourth-order valence-electron chi connectivity index (χ4n) is 1.97. The molecule has 1 saturated heterocycles. The molecule has 2 N–H and O–H groups in total. The molecule has 3 rings (SSSR count). The molecule has 0 unspecified atom stereocenters. The van der Waals surface area contributed by atoms with Gasteiger partial charge < -0.3 is 10.3 Å². The molecule has 0 radical (unpaired) electrons. The molecule has 2 heteroatoms. The fourth-order valence-corrected chi connectivity index (χ4v) is 1.97. The predicted molar refractivity (Wildman–Crippen MR) is 53.7 cm³/mol. The molecule has 2 heterocycles. The zero-order valence-electron chi connectivity index (χ0n) is 7.38. The van der Waals surface area contributed by atoms with Crippen molar-refractivity contribution in [2.75, 3.05) is 6.54 Å². The summed E-state index contributed by atoms with van der Waals surface area (Å²) in [7, 11) is 0. The van der Waals surface area contributed by atoms with Crippen molar-refractivity contribution >= 4 is 10.9 Å². The molecular weight excluding hydrogens is 160 g/mol. The van der Waals surface area contributed by atoms with Crippen LogP contribution in [-0.4, -0.2) is 11.5 Å². The smallest absolute Gasteiger partial charge is 0.0457 e. The van der Waals surface area contributed by atoms with E-state index in [0.717, 1.165) is 6.54 Å². The maximum Gasteiger partial charge on any atom is 0.0457 e. The predicted octanol–water partition coefficient (Wildman–Crippen LogP) is 2.20. The van der Waals surface area contributed by atoms with Crippen molar-refractivity contribution in [2.45, 2.75) is 12.5 Å². The molecule has 0 saturated carbocycles. The summed E-state index contributed by atoms with van der Waals surface area (Å²) >= 11 is 0. The number of hydrogen-bond acceptors (Lipinski definition) is 1. The average Bonchev–Trinajstić information content (AvgIpc) is 2.49. The highest BCUT2D eigenvalue weighted by molar-refractivity contribution is 5.83. The minimum atomic E-state index is 0.583. The Morgan fingerprint density at radius 2 is 2.15 bits per heavy atom. The Morgan fingerprint density at radius 1 is 1.23 bits per heavy atom. The number of aromatic amines is 1. The summed E-state index contributed by atoms with van der Waals surface area (Å²) in [6.07, 6.45) is 3.27. The van der Waals surface area contributed by atoms with Crippen LogP contribution >= 0.6 is 0 Å². The van der Waals surface area contributed by atoms with Gasteiger partial charge in [0.15, 0.2) is 0 Å². The molecule has 2 nitrogen and oxygen atoms in total. The molecule has 0 aliphatic carbocycles. The van der Waals surface area contributed by atoms with Crippen molar-refractivity contribution in [3.05, 3.63) is 36.0 Å². The maximum absolute atomic E-state index is 3.43. The van der Waals surface area contributed by atoms with Crippen LogP contribution in [-0.2, 0) is 0 Å². The maximum atomic E-state index is 3.43. The molecule has 13 heavy (non-hydrogen) atoms. The van der Waals surface area contributed by atoms with Crippen molar-refractivity contribution in [1.82, 2.24) is 10.3 Å². The SMILES string of the molecule is c1cc([C@@H]2CCN2)c2cc[nH]c2c1. The van der Waals surface area contributed by atoms with Crippen LogP contribution in [0.5, 0.6) is 0 Å². The van der Waals surface area contributed by atoms with E-state index in [1.54, 1.807) is 0 Å². The van der Waals surface area contributed by atoms with Crippen LogP contribution in [0.1, 0.15) is 18.0 Å². The standard InChI is InChI=1S/C11H12N2/c1-2-8(11-5-7-13-11)9-4-6-12-10(9)3-1/h1-4,6,11-13H,5,7H2/t11-/m0/s1. The molecule has 1 atom stereocenters. The molecule has 0 bridgehead atoms. The minimum Gasteiger partial charge on any atom is -0.361 e. The Bertz CT molecular complexity index is 426. The van der Waals surface area contributed by atoms with Crippen LogP contribution in [0.2, 0.25) is 0 Å². The van der Waals surface area contributed by atoms with E-state index in [0.29, 0.717) is 6.04 Å². The monoisotopic (exact) mass is 172 g/mol. The Morgan fingerprint density at radius 3 is 2.92 bits per heavy atom. The van der Waals surface area contributed by atoms with E-state index in [2.05, 4.69) is 34.6 Å². The third kappa shape index (κ3) is 0.988. The molecule has 1 aliphatic heterocycles. The highest BCUT2D eigenvalue weighted by Gasteiger charge is 2.20. The van der Waals surface area contributed by atoms with Gasteiger partial charge in [0.1, 0.15) is 0 Å². The molecule has 1 aromatic carbocycles. The minimum absolute atomic E-state index is 0.583. The van der Waals surface area contributed by atoms with Crippen LogP contribution in [0.3, 0.4) is 0 Å². The first-order valence-corrected chi connectivity index (χ1v) is 4.74. The highest BCUT2D eigenvalue weighted by atomic mass is 15.0. The molecule has 0 spiro atoms. The Balaban J connectivity index is 2.20. The van der Waals surface area contributed by atoms with Gasteiger partial charge in [-0.1, -0.05) is 12.1 Å². The third-order valence-corrected chi connectivity index (χ3v) is 2.83. The van der Waals surface area contributed by atoms with Crippen molar-refractivity contribution in [1.29, 1.82) is 0 Å². The molecule has 1 fully saturated rings. The molecule has 1 aromatic heterocycles. The summed E-state index contributed by atoms with van der Waals surface area (Å²) < 4.78 is 0. The number of fused-ring (bicyclic) bond motifs is 1. The van der Waals surface area contributed by atoms with Gasteiger partial charge >= 0.3 is 0 Å². The summed E-state index contributed by atoms with van der Waals surface area (Å²) in [6.45, 7) is 1.16. The average molecular weight is 172 g/mol. The summed E-state index contributed by atoms with van der Waals surface area (Å²) in [4.78, 5) is 3.24. The number of aromatic nitrogens is 1. The van der Waals surface area contributed by atoms with Gasteiger partial charge in [0.2, 0.25) is 0 Å². The van der Waals surface area contributed by atoms with Gasteiger partial charge in [-0.25, -0.2) is 0 Å². The van der Waals surface area contributed by atoms with Crippen LogP contribution < -0.4 is 5.32 Å². The highest BCUT2D eigenvalue weighted by Crippen LogP contribution is 2.28. The molecule has 66 valence electrons. The van der Waals surface area contributed by atoms with Gasteiger partial charge in [0, 0.05) is 23.1 Å². The molecule has 0 amide bonds. The van der Waals surface area contributed by atoms with Crippen LogP contribution in [0.4, 0.5) is 0 Å². The molecular formula is C11H12N2. The number of rotatable bonds is 1. The topological polar surface area (TPSA) is 27.8 Å². The second kappa shape index (κ2) is 2.60. The van der Waals surface area contributed by atoms with Crippen molar-refractivity contribution in [3.8, 4) is 0 Å². The lowest BCUT2D eigenvalue weighted by Crippen LogP contribution is -2.34. The first-order chi connectivity index (χ1) is 6.45. The fraction of sp³-hybridized carbons (Fsp3) is 0.273. The van der Waals surface area contributed by atoms with Gasteiger partial charge in [0.25, 0.3) is 0 Å². The summed E-state index contributed by atoms with van der Waals surface area (Å²) in [5.74, 6) is 0. The lowest BCUT2D eigenvalue weighted by atomic mass is 9.95. The van der Waals surface area contributed by atoms with Gasteiger partial charge in [-0.3, -0.25) is 0 Å². The van der Waals surface area contributed by atoms with E-state index in [1.165, 1.54) is 22.9 Å². The number of benzene rings is 1. The Kier molecular flexibility index (Phi) is 1.43. The van der Waals surface area contributed by atoms with Crippen molar-refractivity contribution < 1.29 is 0 Å². The lowest BCUT2D eigenvalue weighted by molar-refractivity contribution is 0.385. The molecule has 2 aromatic rings. The van der Waals surface area contributed by atoms with E-state index < -0.39 is 0 Å². The number of hydrogen-bond donors (Lipinski definition) is 2. The first kappa shape index (κ1) is 7.15. The Hall–Kier alpha value is -1.28. The van der Waals surface area contributed by atoms with Crippen LogP contribution in [0, 0.1) is 0 Å². The van der Waals surface area contributed by atoms with E-state index in [9.17, 15) is 0 Å². The number of H-pyrrole nitrogens is 1. The van der Waals surface area contributed by atoms with Gasteiger partial charge in [-0.15, -0.1) is 0 Å². The lowest BCUT2D eigenvalue weighted by Gasteiger charge is -2.28. The van der Waals surface area contributed by atoms with Crippen molar-refractivity contribution in [3.63, 3.8) is 0 Å². The third-order valence-electron chi connectivity index (χ3n) is 2.83. The molecule has 1 aliphatic rings. The van der Waals surface area contributed by atoms with Gasteiger partial charge in [-0.2, -0.15) is 0 Å². The number of nitrogens with one attached hydrogen (secondary N) is 2. The van der Waals surface area contributed by atoms with E-state index >= 15 is 0 Å². The van der Waals surface area contributed by atoms with Crippen LogP contribution in [0.25, 0.3) is 10.9 Å². The zero-order chi connectivity index (χ0) is 8.67. The normalized spacial score (nSPS) is 21.7. The van der Waals surface area contributed by atoms with E-state index in [1.807, 2.05) is 6.20 Å². The first-order valence-electron chi connectivity index (χ1n) is 4.74. The second-order valence-electron chi connectivity index (χ2n) is 3.58. The van der Waals surface area contributed by atoms with Crippen molar-refractivity contribution in [2.24, 2.45) is 0 Å². The van der Waals surface area contributed by atoms with E-state index in [4.69, 9.17) is 0 Å². The van der Waals surface area contributed by atoms with Gasteiger partial charge in [0.05, 0.1) is 0 Å². The summed E-state index contributed by atoms with van der Waals surface area (Å²) in [5.41, 5.74) is 2.68. The van der Waals surface area contributed by atoms with Gasteiger partial charge in [-0.05, 0) is 30.7 Å². The summed E-state index contributed by atoms with van der Waals surface area (Å²) in [5, 5.41) is 4.79. The second-order valence-corrected chi connectivity index (χ2v) is 3.58. The van der Waals surface area contributed by atoms with E-state index in [-0.39, 0.29) is 0 Å². The Labute approximate surface area is 77.0 Å².